The number of hydrogen-bond acceptors (Lipinski definition) is 3. The van der Waals surface area contributed by atoms with E-state index in [2.05, 4.69) is 65.7 Å². The Bertz CT molecular complexity index is 733. The van der Waals surface area contributed by atoms with Gasteiger partial charge >= 0.3 is 0 Å². The second-order valence-corrected chi connectivity index (χ2v) is 6.34. The van der Waals surface area contributed by atoms with Crippen molar-refractivity contribution in [1.29, 1.82) is 0 Å². The molecule has 0 spiro atoms. The Morgan fingerprint density at radius 2 is 1.71 bits per heavy atom. The third-order valence-corrected chi connectivity index (χ3v) is 4.73. The highest BCUT2D eigenvalue weighted by atomic mass is 15.1. The first-order valence-electron chi connectivity index (χ1n) is 8.86. The minimum atomic E-state index is 0.828. The number of anilines is 1. The Labute approximate surface area is 145 Å². The van der Waals surface area contributed by atoms with Crippen molar-refractivity contribution in [2.45, 2.75) is 32.7 Å². The normalized spacial score (nSPS) is 16.8. The van der Waals surface area contributed by atoms with Gasteiger partial charge in [-0.05, 0) is 18.1 Å². The van der Waals surface area contributed by atoms with Gasteiger partial charge in [0.2, 0.25) is 0 Å². The van der Waals surface area contributed by atoms with Crippen LogP contribution in [0.5, 0.6) is 0 Å². The lowest BCUT2D eigenvalue weighted by Gasteiger charge is -2.31. The maximum Gasteiger partial charge on any atom is 0.0672 e. The van der Waals surface area contributed by atoms with Gasteiger partial charge in [-0.25, -0.2) is 0 Å². The molecule has 2 aromatic carbocycles. The number of nitrogens with two attached hydrogens (primary N) is 1. The molecule has 0 unspecified atom stereocenters. The maximum atomic E-state index is 6.55. The zero-order valence-corrected chi connectivity index (χ0v) is 14.7. The second-order valence-electron chi connectivity index (χ2n) is 6.34. The fourth-order valence-corrected chi connectivity index (χ4v) is 3.47. The third kappa shape index (κ3) is 3.12. The van der Waals surface area contributed by atoms with Crippen LogP contribution in [-0.4, -0.2) is 13.6 Å². The second kappa shape index (κ2) is 7.43. The van der Waals surface area contributed by atoms with Crippen molar-refractivity contribution in [3.8, 4) is 0 Å². The number of unbranched alkanes of at least 4 members (excludes halogenated alkanes) is 2. The number of para-hydroxylation sites is 1. The molecule has 0 amide bonds. The summed E-state index contributed by atoms with van der Waals surface area (Å²) in [7, 11) is 1.95. The summed E-state index contributed by atoms with van der Waals surface area (Å²) in [6.07, 6.45) is 3.71. The molecule has 1 heterocycles. The molecule has 3 rings (SSSR count). The summed E-state index contributed by atoms with van der Waals surface area (Å²) in [5, 5.41) is 3.33. The average molecular weight is 321 g/mol. The largest absolute Gasteiger partial charge is 0.397 e. The summed E-state index contributed by atoms with van der Waals surface area (Å²) in [6, 6.07) is 17.0. The summed E-state index contributed by atoms with van der Waals surface area (Å²) in [5.41, 5.74) is 13.3. The topological polar surface area (TPSA) is 41.3 Å². The van der Waals surface area contributed by atoms with Gasteiger partial charge in [0.15, 0.2) is 0 Å². The SMILES string of the molecule is CCCCCN1Cc2ccccc2/C(N)=C(/NC)c2ccccc21. The van der Waals surface area contributed by atoms with Crippen molar-refractivity contribution in [1.82, 2.24) is 5.32 Å². The summed E-state index contributed by atoms with van der Waals surface area (Å²) >= 11 is 0. The van der Waals surface area contributed by atoms with E-state index in [4.69, 9.17) is 5.73 Å². The van der Waals surface area contributed by atoms with Crippen LogP contribution in [0.3, 0.4) is 0 Å². The first-order chi connectivity index (χ1) is 11.8. The van der Waals surface area contributed by atoms with E-state index in [1.165, 1.54) is 36.1 Å². The number of rotatable bonds is 5. The van der Waals surface area contributed by atoms with Crippen molar-refractivity contribution in [2.24, 2.45) is 5.73 Å². The van der Waals surface area contributed by atoms with Gasteiger partial charge in [0, 0.05) is 37.0 Å². The van der Waals surface area contributed by atoms with Gasteiger partial charge in [0.05, 0.1) is 11.4 Å². The zero-order chi connectivity index (χ0) is 16.9. The number of fused-ring (bicyclic) bond motifs is 2. The standard InChI is InChI=1S/C21H27N3/c1-3-4-9-14-24-15-16-10-5-6-11-17(16)20(22)21(23-2)18-12-7-8-13-19(18)24/h5-8,10-13,23H,3-4,9,14-15,22H2,1-2H3/b21-20-. The molecule has 3 heteroatoms. The molecule has 126 valence electrons. The van der Waals surface area contributed by atoms with E-state index < -0.39 is 0 Å². The van der Waals surface area contributed by atoms with E-state index in [9.17, 15) is 0 Å². The van der Waals surface area contributed by atoms with E-state index in [0.29, 0.717) is 0 Å². The molecule has 24 heavy (non-hydrogen) atoms. The van der Waals surface area contributed by atoms with Crippen LogP contribution in [0.4, 0.5) is 5.69 Å². The lowest BCUT2D eigenvalue weighted by atomic mass is 9.96. The molecule has 0 atom stereocenters. The molecular formula is C21H27N3. The van der Waals surface area contributed by atoms with Gasteiger partial charge in [-0.1, -0.05) is 62.2 Å². The number of hydrogen-bond donors (Lipinski definition) is 2. The zero-order valence-electron chi connectivity index (χ0n) is 14.7. The highest BCUT2D eigenvalue weighted by Crippen LogP contribution is 2.34. The number of nitrogens with one attached hydrogen (secondary N) is 1. The summed E-state index contributed by atoms with van der Waals surface area (Å²) < 4.78 is 0. The summed E-state index contributed by atoms with van der Waals surface area (Å²) in [5.74, 6) is 0. The van der Waals surface area contributed by atoms with E-state index >= 15 is 0 Å². The first-order valence-corrected chi connectivity index (χ1v) is 8.86. The van der Waals surface area contributed by atoms with Gasteiger partial charge < -0.3 is 16.0 Å². The lowest BCUT2D eigenvalue weighted by Crippen LogP contribution is -2.28. The molecule has 0 fully saturated rings. The van der Waals surface area contributed by atoms with Crippen LogP contribution in [0, 0.1) is 0 Å². The smallest absolute Gasteiger partial charge is 0.0672 e. The highest BCUT2D eigenvalue weighted by Gasteiger charge is 2.21. The van der Waals surface area contributed by atoms with Crippen LogP contribution in [-0.2, 0) is 6.54 Å². The molecule has 0 radical (unpaired) electrons. The predicted octanol–water partition coefficient (Wildman–Crippen LogP) is 4.20. The fourth-order valence-electron chi connectivity index (χ4n) is 3.47. The molecule has 3 N–H and O–H groups in total. The van der Waals surface area contributed by atoms with Crippen molar-refractivity contribution in [3.05, 3.63) is 65.2 Å². The van der Waals surface area contributed by atoms with Crippen molar-refractivity contribution >= 4 is 17.1 Å². The van der Waals surface area contributed by atoms with Gasteiger partial charge in [0.1, 0.15) is 0 Å². The van der Waals surface area contributed by atoms with Crippen LogP contribution >= 0.6 is 0 Å². The Hall–Kier alpha value is -2.42. The van der Waals surface area contributed by atoms with Crippen LogP contribution in [0.25, 0.3) is 11.4 Å². The quantitative estimate of drug-likeness (QED) is 0.811. The van der Waals surface area contributed by atoms with Crippen LogP contribution in [0.15, 0.2) is 48.5 Å². The van der Waals surface area contributed by atoms with E-state index in [1.807, 2.05) is 7.05 Å². The molecule has 0 aliphatic carbocycles. The van der Waals surface area contributed by atoms with Crippen LogP contribution in [0.2, 0.25) is 0 Å². The summed E-state index contributed by atoms with van der Waals surface area (Å²) in [4.78, 5) is 2.49. The van der Waals surface area contributed by atoms with E-state index in [1.54, 1.807) is 0 Å². The molecule has 1 aliphatic heterocycles. The van der Waals surface area contributed by atoms with Crippen molar-refractivity contribution in [3.63, 3.8) is 0 Å². The first kappa shape index (κ1) is 16.4. The Morgan fingerprint density at radius 1 is 1.00 bits per heavy atom. The van der Waals surface area contributed by atoms with Gasteiger partial charge in [0.25, 0.3) is 0 Å². The number of benzene rings is 2. The molecular weight excluding hydrogens is 294 g/mol. The van der Waals surface area contributed by atoms with E-state index in [0.717, 1.165) is 30.0 Å². The van der Waals surface area contributed by atoms with Crippen LogP contribution < -0.4 is 16.0 Å². The minimum absolute atomic E-state index is 0.828. The third-order valence-electron chi connectivity index (χ3n) is 4.73. The Morgan fingerprint density at radius 3 is 2.46 bits per heavy atom. The van der Waals surface area contributed by atoms with Crippen molar-refractivity contribution < 1.29 is 0 Å². The lowest BCUT2D eigenvalue weighted by molar-refractivity contribution is 0.673. The molecule has 0 aromatic heterocycles. The van der Waals surface area contributed by atoms with Crippen LogP contribution in [0.1, 0.15) is 42.9 Å². The molecule has 0 saturated heterocycles. The molecule has 3 nitrogen and oxygen atoms in total. The predicted molar refractivity (Wildman–Crippen MR) is 104 cm³/mol. The van der Waals surface area contributed by atoms with Crippen molar-refractivity contribution in [2.75, 3.05) is 18.5 Å². The maximum absolute atomic E-state index is 6.55. The average Bonchev–Trinajstić information content (AvgIpc) is 2.61. The molecule has 0 bridgehead atoms. The minimum Gasteiger partial charge on any atom is -0.397 e. The molecule has 2 aromatic rings. The van der Waals surface area contributed by atoms with Gasteiger partial charge in [-0.3, -0.25) is 0 Å². The molecule has 1 aliphatic rings. The Kier molecular flexibility index (Phi) is 5.09. The fraction of sp³-hybridized carbons (Fsp3) is 0.333. The van der Waals surface area contributed by atoms with E-state index in [-0.39, 0.29) is 0 Å². The van der Waals surface area contributed by atoms with Gasteiger partial charge in [-0.15, -0.1) is 0 Å². The van der Waals surface area contributed by atoms with Gasteiger partial charge in [-0.2, -0.15) is 0 Å². The highest BCUT2D eigenvalue weighted by molar-refractivity contribution is 5.93. The summed E-state index contributed by atoms with van der Waals surface area (Å²) in [6.45, 7) is 4.21. The number of nitrogens with zero attached hydrogens (tertiary/aromatic N) is 1. The Balaban J connectivity index is 2.14. The monoisotopic (exact) mass is 321 g/mol. The molecule has 0 saturated carbocycles.